The van der Waals surface area contributed by atoms with E-state index in [1.807, 2.05) is 31.2 Å². The van der Waals surface area contributed by atoms with E-state index in [-0.39, 0.29) is 19.1 Å². The predicted octanol–water partition coefficient (Wildman–Crippen LogP) is 1.11. The molecule has 1 aromatic carbocycles. The molecular weight excluding hydrogens is 230 g/mol. The fourth-order valence-corrected chi connectivity index (χ4v) is 1.57. The molecule has 5 heteroatoms. The summed E-state index contributed by atoms with van der Waals surface area (Å²) in [5, 5.41) is 18.0. The lowest BCUT2D eigenvalue weighted by molar-refractivity contribution is 0.0940. The minimum absolute atomic E-state index is 0.0787. The highest BCUT2D eigenvalue weighted by Crippen LogP contribution is 2.17. The van der Waals surface area contributed by atoms with Crippen LogP contribution in [-0.2, 0) is 0 Å². The monoisotopic (exact) mass is 245 g/mol. The molecule has 0 saturated carbocycles. The highest BCUT2D eigenvalue weighted by molar-refractivity contribution is 5.93. The second-order valence-corrected chi connectivity index (χ2v) is 4.01. The van der Waals surface area contributed by atoms with Crippen molar-refractivity contribution in [3.8, 4) is 11.3 Å². The van der Waals surface area contributed by atoms with Crippen LogP contribution in [0.25, 0.3) is 11.3 Å². The average Bonchev–Trinajstić information content (AvgIpc) is 2.86. The number of nitrogens with one attached hydrogen (secondary N) is 2. The Balaban J connectivity index is 2.15. The molecule has 18 heavy (non-hydrogen) atoms. The lowest BCUT2D eigenvalue weighted by Crippen LogP contribution is -2.26. The zero-order chi connectivity index (χ0) is 13.0. The van der Waals surface area contributed by atoms with Crippen molar-refractivity contribution in [3.05, 3.63) is 41.6 Å². The van der Waals surface area contributed by atoms with Crippen molar-refractivity contribution >= 4 is 5.91 Å². The van der Waals surface area contributed by atoms with Gasteiger partial charge in [0.2, 0.25) is 0 Å². The van der Waals surface area contributed by atoms with E-state index in [1.54, 1.807) is 6.07 Å². The maximum Gasteiger partial charge on any atom is 0.269 e. The first-order chi connectivity index (χ1) is 8.70. The number of benzene rings is 1. The number of nitrogens with zero attached hydrogens (tertiary/aromatic N) is 1. The van der Waals surface area contributed by atoms with Gasteiger partial charge in [0.05, 0.1) is 12.3 Å². The van der Waals surface area contributed by atoms with Crippen molar-refractivity contribution in [1.29, 1.82) is 0 Å². The molecule has 5 nitrogen and oxygen atoms in total. The van der Waals surface area contributed by atoms with Gasteiger partial charge < -0.3 is 10.4 Å². The van der Waals surface area contributed by atoms with Gasteiger partial charge in [-0.05, 0) is 13.0 Å². The number of aliphatic hydroxyl groups excluding tert-OH is 1. The largest absolute Gasteiger partial charge is 0.395 e. The summed E-state index contributed by atoms with van der Waals surface area (Å²) in [5.41, 5.74) is 3.25. The number of aliphatic hydroxyl groups is 1. The van der Waals surface area contributed by atoms with Gasteiger partial charge in [-0.2, -0.15) is 5.10 Å². The minimum atomic E-state index is -0.269. The van der Waals surface area contributed by atoms with Crippen LogP contribution in [-0.4, -0.2) is 34.4 Å². The predicted molar refractivity (Wildman–Crippen MR) is 68.2 cm³/mol. The Labute approximate surface area is 105 Å². The van der Waals surface area contributed by atoms with Gasteiger partial charge in [0.1, 0.15) is 5.69 Å². The Morgan fingerprint density at radius 3 is 2.78 bits per heavy atom. The van der Waals surface area contributed by atoms with Crippen LogP contribution in [0.5, 0.6) is 0 Å². The van der Waals surface area contributed by atoms with Gasteiger partial charge in [-0.3, -0.25) is 9.89 Å². The van der Waals surface area contributed by atoms with Gasteiger partial charge in [-0.1, -0.05) is 29.8 Å². The summed E-state index contributed by atoms with van der Waals surface area (Å²) in [5.74, 6) is -0.269. The first-order valence-electron chi connectivity index (χ1n) is 5.72. The fourth-order valence-electron chi connectivity index (χ4n) is 1.57. The number of carbonyl (C=O) groups is 1. The second-order valence-electron chi connectivity index (χ2n) is 4.01. The second kappa shape index (κ2) is 5.46. The fraction of sp³-hybridized carbons (Fsp3) is 0.231. The van der Waals surface area contributed by atoms with Crippen LogP contribution in [0, 0.1) is 6.92 Å². The normalized spacial score (nSPS) is 10.3. The minimum Gasteiger partial charge on any atom is -0.395 e. The van der Waals surface area contributed by atoms with Crippen molar-refractivity contribution in [2.45, 2.75) is 6.92 Å². The van der Waals surface area contributed by atoms with Gasteiger partial charge in [0.15, 0.2) is 0 Å². The molecule has 0 aliphatic rings. The Kier molecular flexibility index (Phi) is 3.74. The van der Waals surface area contributed by atoms with Crippen LogP contribution in [0.4, 0.5) is 0 Å². The van der Waals surface area contributed by atoms with E-state index in [9.17, 15) is 4.79 Å². The highest BCUT2D eigenvalue weighted by Gasteiger charge is 2.10. The van der Waals surface area contributed by atoms with Gasteiger partial charge in [0, 0.05) is 12.1 Å². The lowest BCUT2D eigenvalue weighted by atomic mass is 10.1. The number of hydrogen-bond donors (Lipinski definition) is 3. The third-order valence-electron chi connectivity index (χ3n) is 2.57. The van der Waals surface area contributed by atoms with Crippen LogP contribution in [0.1, 0.15) is 16.1 Å². The third kappa shape index (κ3) is 2.75. The van der Waals surface area contributed by atoms with E-state index in [0.29, 0.717) is 5.69 Å². The summed E-state index contributed by atoms with van der Waals surface area (Å²) in [6.07, 6.45) is 0. The Morgan fingerprint density at radius 1 is 1.39 bits per heavy atom. The smallest absolute Gasteiger partial charge is 0.269 e. The van der Waals surface area contributed by atoms with E-state index < -0.39 is 0 Å². The number of rotatable bonds is 4. The van der Waals surface area contributed by atoms with E-state index in [2.05, 4.69) is 15.5 Å². The zero-order valence-electron chi connectivity index (χ0n) is 10.1. The molecule has 0 saturated heterocycles. The number of hydrogen-bond acceptors (Lipinski definition) is 3. The van der Waals surface area contributed by atoms with Crippen LogP contribution in [0.3, 0.4) is 0 Å². The molecule has 2 aromatic rings. The average molecular weight is 245 g/mol. The van der Waals surface area contributed by atoms with Crippen LogP contribution in [0.15, 0.2) is 30.3 Å². The molecule has 1 amide bonds. The van der Waals surface area contributed by atoms with Gasteiger partial charge >= 0.3 is 0 Å². The maximum atomic E-state index is 11.6. The molecule has 0 spiro atoms. The summed E-state index contributed by atoms with van der Waals surface area (Å²) in [4.78, 5) is 11.6. The molecule has 0 aliphatic heterocycles. The van der Waals surface area contributed by atoms with Gasteiger partial charge in [-0.15, -0.1) is 0 Å². The first kappa shape index (κ1) is 12.3. The van der Waals surface area contributed by atoms with Crippen molar-refractivity contribution in [1.82, 2.24) is 15.5 Å². The molecule has 0 aliphatic carbocycles. The number of aromatic amines is 1. The van der Waals surface area contributed by atoms with E-state index in [0.717, 1.165) is 11.3 Å². The Hall–Kier alpha value is -2.14. The molecule has 1 heterocycles. The van der Waals surface area contributed by atoms with Crippen LogP contribution >= 0.6 is 0 Å². The summed E-state index contributed by atoms with van der Waals surface area (Å²) < 4.78 is 0. The molecule has 0 radical (unpaired) electrons. The molecule has 3 N–H and O–H groups in total. The van der Waals surface area contributed by atoms with Crippen LogP contribution < -0.4 is 5.32 Å². The molecular formula is C13H15N3O2. The molecule has 0 unspecified atom stereocenters. The zero-order valence-corrected chi connectivity index (χ0v) is 10.1. The van der Waals surface area contributed by atoms with Gasteiger partial charge in [0.25, 0.3) is 5.91 Å². The first-order valence-corrected chi connectivity index (χ1v) is 5.72. The molecule has 94 valence electrons. The van der Waals surface area contributed by atoms with E-state index in [1.165, 1.54) is 5.56 Å². The Bertz CT molecular complexity index is 531. The van der Waals surface area contributed by atoms with Crippen molar-refractivity contribution in [2.24, 2.45) is 0 Å². The number of aryl methyl sites for hydroxylation is 1. The number of aromatic nitrogens is 2. The summed E-state index contributed by atoms with van der Waals surface area (Å²) in [6, 6.07) is 9.60. The standard InChI is InChI=1S/C13H15N3O2/c1-9-2-4-10(5-3-9)11-8-12(16-15-11)13(18)14-6-7-17/h2-5,8,17H,6-7H2,1H3,(H,14,18)(H,15,16). The summed E-state index contributed by atoms with van der Waals surface area (Å²) in [6.45, 7) is 2.17. The summed E-state index contributed by atoms with van der Waals surface area (Å²) in [7, 11) is 0. The third-order valence-corrected chi connectivity index (χ3v) is 2.57. The molecule has 0 atom stereocenters. The summed E-state index contributed by atoms with van der Waals surface area (Å²) >= 11 is 0. The van der Waals surface area contributed by atoms with Gasteiger partial charge in [-0.25, -0.2) is 0 Å². The van der Waals surface area contributed by atoms with E-state index in [4.69, 9.17) is 5.11 Å². The van der Waals surface area contributed by atoms with Crippen molar-refractivity contribution in [2.75, 3.05) is 13.2 Å². The number of carbonyl (C=O) groups excluding carboxylic acids is 1. The molecule has 0 bridgehead atoms. The number of H-pyrrole nitrogens is 1. The lowest BCUT2D eigenvalue weighted by Gasteiger charge is -1.98. The Morgan fingerprint density at radius 2 is 2.11 bits per heavy atom. The van der Waals surface area contributed by atoms with E-state index >= 15 is 0 Å². The topological polar surface area (TPSA) is 78.0 Å². The van der Waals surface area contributed by atoms with Crippen LogP contribution in [0.2, 0.25) is 0 Å². The molecule has 0 fully saturated rings. The highest BCUT2D eigenvalue weighted by atomic mass is 16.3. The number of amides is 1. The van der Waals surface area contributed by atoms with Crippen molar-refractivity contribution in [3.63, 3.8) is 0 Å². The SMILES string of the molecule is Cc1ccc(-c2cc(C(=O)NCCO)[nH]n2)cc1. The van der Waals surface area contributed by atoms with Crippen molar-refractivity contribution < 1.29 is 9.90 Å². The quantitative estimate of drug-likeness (QED) is 0.755. The molecule has 1 aromatic heterocycles. The maximum absolute atomic E-state index is 11.6. The molecule has 2 rings (SSSR count).